The van der Waals surface area contributed by atoms with E-state index >= 15 is 0 Å². The van der Waals surface area contributed by atoms with Gasteiger partial charge in [-0.2, -0.15) is 0 Å². The predicted octanol–water partition coefficient (Wildman–Crippen LogP) is 0.967. The molecule has 1 aromatic rings. The molecule has 0 aromatic heterocycles. The normalized spacial score (nSPS) is 14.9. The number of likely N-dealkylation sites (N-methyl/N-ethyl adjacent to an activating group) is 1. The maximum atomic E-state index is 9.33. The lowest BCUT2D eigenvalue weighted by Crippen LogP contribution is -2.12. The Bertz CT molecular complexity index is 323. The first-order valence-electron chi connectivity index (χ1n) is 4.01. The SMILES string of the molecule is CN1CCc2cc(O)c(N)cc21. The average molecular weight is 164 g/mol. The van der Waals surface area contributed by atoms with Gasteiger partial charge in [0, 0.05) is 19.3 Å². The fraction of sp³-hybridized carbons (Fsp3) is 0.333. The zero-order valence-electron chi connectivity index (χ0n) is 7.04. The van der Waals surface area contributed by atoms with Crippen LogP contribution in [0.5, 0.6) is 5.75 Å². The van der Waals surface area contributed by atoms with Crippen molar-refractivity contribution in [1.82, 2.24) is 0 Å². The third-order valence-corrected chi connectivity index (χ3v) is 2.36. The Hall–Kier alpha value is -1.38. The summed E-state index contributed by atoms with van der Waals surface area (Å²) in [5, 5.41) is 9.33. The number of hydrogen-bond acceptors (Lipinski definition) is 3. The van der Waals surface area contributed by atoms with Crippen molar-refractivity contribution in [2.75, 3.05) is 24.2 Å². The maximum absolute atomic E-state index is 9.33. The Morgan fingerprint density at radius 2 is 2.25 bits per heavy atom. The van der Waals surface area contributed by atoms with Crippen molar-refractivity contribution in [1.29, 1.82) is 0 Å². The average Bonchev–Trinajstić information content (AvgIpc) is 2.35. The molecule has 1 aliphatic heterocycles. The first-order chi connectivity index (χ1) is 5.68. The van der Waals surface area contributed by atoms with Crippen molar-refractivity contribution in [2.24, 2.45) is 0 Å². The number of hydrogen-bond donors (Lipinski definition) is 2. The topological polar surface area (TPSA) is 49.5 Å². The molecule has 2 rings (SSSR count). The van der Waals surface area contributed by atoms with E-state index in [4.69, 9.17) is 5.73 Å². The zero-order chi connectivity index (χ0) is 8.72. The van der Waals surface area contributed by atoms with Crippen LogP contribution in [0, 0.1) is 0 Å². The van der Waals surface area contributed by atoms with Gasteiger partial charge >= 0.3 is 0 Å². The number of phenols is 1. The summed E-state index contributed by atoms with van der Waals surface area (Å²) in [7, 11) is 2.03. The minimum absolute atomic E-state index is 0.198. The van der Waals surface area contributed by atoms with Crippen molar-refractivity contribution in [3.8, 4) is 5.75 Å². The van der Waals surface area contributed by atoms with Crippen LogP contribution in [0.4, 0.5) is 11.4 Å². The van der Waals surface area contributed by atoms with Crippen LogP contribution in [0.1, 0.15) is 5.56 Å². The Morgan fingerprint density at radius 3 is 3.00 bits per heavy atom. The molecule has 3 N–H and O–H groups in total. The Morgan fingerprint density at radius 1 is 1.50 bits per heavy atom. The van der Waals surface area contributed by atoms with E-state index in [1.165, 1.54) is 5.56 Å². The Labute approximate surface area is 71.4 Å². The van der Waals surface area contributed by atoms with Gasteiger partial charge in [-0.15, -0.1) is 0 Å². The molecule has 64 valence electrons. The molecular formula is C9H12N2O. The summed E-state index contributed by atoms with van der Waals surface area (Å²) >= 11 is 0. The lowest BCUT2D eigenvalue weighted by atomic mass is 10.1. The van der Waals surface area contributed by atoms with Crippen molar-refractivity contribution in [3.63, 3.8) is 0 Å². The largest absolute Gasteiger partial charge is 0.506 e. The van der Waals surface area contributed by atoms with Crippen LogP contribution in [0.2, 0.25) is 0 Å². The molecule has 0 amide bonds. The summed E-state index contributed by atoms with van der Waals surface area (Å²) in [6.45, 7) is 1.01. The lowest BCUT2D eigenvalue weighted by molar-refractivity contribution is 0.477. The van der Waals surface area contributed by atoms with E-state index in [1.807, 2.05) is 13.1 Å². The van der Waals surface area contributed by atoms with Gasteiger partial charge in [0.15, 0.2) is 0 Å². The van der Waals surface area contributed by atoms with Crippen molar-refractivity contribution in [2.45, 2.75) is 6.42 Å². The summed E-state index contributed by atoms with van der Waals surface area (Å²) in [5.41, 5.74) is 8.37. The molecule has 0 aliphatic carbocycles. The number of rotatable bonds is 0. The smallest absolute Gasteiger partial charge is 0.138 e. The number of nitrogens with zero attached hydrogens (tertiary/aromatic N) is 1. The van der Waals surface area contributed by atoms with Crippen molar-refractivity contribution >= 4 is 11.4 Å². The van der Waals surface area contributed by atoms with Gasteiger partial charge in [-0.1, -0.05) is 0 Å². The van der Waals surface area contributed by atoms with E-state index < -0.39 is 0 Å². The predicted molar refractivity (Wildman–Crippen MR) is 49.5 cm³/mol. The fourth-order valence-electron chi connectivity index (χ4n) is 1.60. The monoisotopic (exact) mass is 164 g/mol. The summed E-state index contributed by atoms with van der Waals surface area (Å²) in [5.74, 6) is 0.198. The second-order valence-corrected chi connectivity index (χ2v) is 3.21. The first kappa shape index (κ1) is 7.28. The number of benzene rings is 1. The van der Waals surface area contributed by atoms with Crippen LogP contribution < -0.4 is 10.6 Å². The molecule has 1 aromatic carbocycles. The zero-order valence-corrected chi connectivity index (χ0v) is 7.04. The van der Waals surface area contributed by atoms with E-state index in [0.29, 0.717) is 5.69 Å². The van der Waals surface area contributed by atoms with Crippen LogP contribution in [0.15, 0.2) is 12.1 Å². The quantitative estimate of drug-likeness (QED) is 0.443. The molecule has 1 heterocycles. The number of nitrogen functional groups attached to an aromatic ring is 1. The third-order valence-electron chi connectivity index (χ3n) is 2.36. The van der Waals surface area contributed by atoms with Gasteiger partial charge in [0.05, 0.1) is 5.69 Å². The van der Waals surface area contributed by atoms with E-state index in [9.17, 15) is 5.11 Å². The maximum Gasteiger partial charge on any atom is 0.138 e. The summed E-state index contributed by atoms with van der Waals surface area (Å²) in [6, 6.07) is 3.59. The number of fused-ring (bicyclic) bond motifs is 1. The van der Waals surface area contributed by atoms with Gasteiger partial charge in [-0.25, -0.2) is 0 Å². The highest BCUT2D eigenvalue weighted by atomic mass is 16.3. The summed E-state index contributed by atoms with van der Waals surface area (Å²) in [4.78, 5) is 2.14. The second-order valence-electron chi connectivity index (χ2n) is 3.21. The molecule has 1 aliphatic rings. The Kier molecular flexibility index (Phi) is 1.40. The Balaban J connectivity index is 2.56. The van der Waals surface area contributed by atoms with Gasteiger partial charge in [0.1, 0.15) is 5.75 Å². The first-order valence-corrected chi connectivity index (χ1v) is 4.01. The van der Waals surface area contributed by atoms with Gasteiger partial charge in [-0.3, -0.25) is 0 Å². The van der Waals surface area contributed by atoms with Crippen LogP contribution >= 0.6 is 0 Å². The summed E-state index contributed by atoms with van der Waals surface area (Å²) in [6.07, 6.45) is 1.000. The van der Waals surface area contributed by atoms with Crippen LogP contribution in [0.25, 0.3) is 0 Å². The summed E-state index contributed by atoms with van der Waals surface area (Å²) < 4.78 is 0. The molecule has 0 unspecified atom stereocenters. The molecule has 3 nitrogen and oxygen atoms in total. The molecule has 0 saturated carbocycles. The highest BCUT2D eigenvalue weighted by Crippen LogP contribution is 2.33. The molecule has 0 radical (unpaired) electrons. The minimum atomic E-state index is 0.198. The fourth-order valence-corrected chi connectivity index (χ4v) is 1.60. The number of phenolic OH excluding ortho intramolecular Hbond substituents is 1. The second kappa shape index (κ2) is 2.30. The van der Waals surface area contributed by atoms with Gasteiger partial charge in [0.2, 0.25) is 0 Å². The van der Waals surface area contributed by atoms with Gasteiger partial charge in [-0.05, 0) is 24.1 Å². The van der Waals surface area contributed by atoms with Crippen molar-refractivity contribution in [3.05, 3.63) is 17.7 Å². The van der Waals surface area contributed by atoms with E-state index in [1.54, 1.807) is 6.07 Å². The number of aromatic hydroxyl groups is 1. The van der Waals surface area contributed by atoms with E-state index in [-0.39, 0.29) is 5.75 Å². The van der Waals surface area contributed by atoms with Gasteiger partial charge < -0.3 is 15.7 Å². The molecule has 0 bridgehead atoms. The number of nitrogens with two attached hydrogens (primary N) is 1. The third kappa shape index (κ3) is 0.897. The lowest BCUT2D eigenvalue weighted by Gasteiger charge is -2.12. The molecule has 12 heavy (non-hydrogen) atoms. The molecule has 0 saturated heterocycles. The van der Waals surface area contributed by atoms with Gasteiger partial charge in [0.25, 0.3) is 0 Å². The molecular weight excluding hydrogens is 152 g/mol. The highest BCUT2D eigenvalue weighted by Gasteiger charge is 2.16. The molecule has 0 fully saturated rings. The number of anilines is 2. The minimum Gasteiger partial charge on any atom is -0.506 e. The van der Waals surface area contributed by atoms with E-state index in [2.05, 4.69) is 4.90 Å². The van der Waals surface area contributed by atoms with Crippen LogP contribution in [0.3, 0.4) is 0 Å². The standard InChI is InChI=1S/C9H12N2O/c1-11-3-2-6-4-9(12)7(10)5-8(6)11/h4-5,12H,2-3,10H2,1H3. The van der Waals surface area contributed by atoms with Crippen LogP contribution in [-0.2, 0) is 6.42 Å². The van der Waals surface area contributed by atoms with Crippen molar-refractivity contribution < 1.29 is 5.11 Å². The van der Waals surface area contributed by atoms with Crippen LogP contribution in [-0.4, -0.2) is 18.7 Å². The highest BCUT2D eigenvalue weighted by molar-refractivity contribution is 5.68. The van der Waals surface area contributed by atoms with E-state index in [0.717, 1.165) is 18.7 Å². The molecule has 3 heteroatoms. The molecule has 0 atom stereocenters. The molecule has 0 spiro atoms.